The number of rotatable bonds is 3. The van der Waals surface area contributed by atoms with Crippen LogP contribution in [0.2, 0.25) is 0 Å². The molecular weight excluding hydrogens is 327 g/mol. The van der Waals surface area contributed by atoms with Crippen LogP contribution in [-0.4, -0.2) is 4.57 Å². The van der Waals surface area contributed by atoms with Crippen LogP contribution in [0.25, 0.3) is 11.1 Å². The minimum Gasteiger partial charge on any atom is -0.312 e. The number of aromatic nitrogens is 1. The molecule has 0 saturated carbocycles. The Morgan fingerprint density at radius 2 is 1.88 bits per heavy atom. The van der Waals surface area contributed by atoms with Gasteiger partial charge in [-0.2, -0.15) is 13.2 Å². The van der Waals surface area contributed by atoms with Crippen LogP contribution in [0.15, 0.2) is 41.2 Å². The van der Waals surface area contributed by atoms with E-state index in [0.717, 1.165) is 37.1 Å². The van der Waals surface area contributed by atoms with Crippen LogP contribution >= 0.6 is 0 Å². The van der Waals surface area contributed by atoms with E-state index in [4.69, 9.17) is 0 Å². The Bertz CT molecular complexity index is 822. The Morgan fingerprint density at radius 1 is 1.12 bits per heavy atom. The molecule has 0 radical (unpaired) electrons. The van der Waals surface area contributed by atoms with Gasteiger partial charge in [-0.15, -0.1) is 0 Å². The lowest BCUT2D eigenvalue weighted by atomic mass is 9.84. The van der Waals surface area contributed by atoms with E-state index in [2.05, 4.69) is 13.8 Å². The molecule has 134 valence electrons. The first-order valence-electron chi connectivity index (χ1n) is 8.76. The first kappa shape index (κ1) is 17.8. The molecule has 5 heteroatoms. The van der Waals surface area contributed by atoms with Gasteiger partial charge in [0.15, 0.2) is 0 Å². The molecule has 0 spiro atoms. The third-order valence-corrected chi connectivity index (χ3v) is 5.26. The monoisotopic (exact) mass is 349 g/mol. The summed E-state index contributed by atoms with van der Waals surface area (Å²) in [5.41, 5.74) is 0.745. The summed E-state index contributed by atoms with van der Waals surface area (Å²) in [6.07, 6.45) is -1.40. The molecule has 1 aromatic heterocycles. The second-order valence-corrected chi connectivity index (χ2v) is 6.78. The highest BCUT2D eigenvalue weighted by atomic mass is 19.4. The minimum absolute atomic E-state index is 0.187. The van der Waals surface area contributed by atoms with Crippen LogP contribution in [0.5, 0.6) is 0 Å². The molecule has 1 aliphatic rings. The lowest BCUT2D eigenvalue weighted by Crippen LogP contribution is -2.33. The van der Waals surface area contributed by atoms with Crippen molar-refractivity contribution in [1.82, 2.24) is 4.57 Å². The largest absolute Gasteiger partial charge is 0.416 e. The van der Waals surface area contributed by atoms with Crippen molar-refractivity contribution in [2.75, 3.05) is 0 Å². The molecule has 2 unspecified atom stereocenters. The zero-order valence-electron chi connectivity index (χ0n) is 14.4. The molecule has 1 aromatic carbocycles. The maximum atomic E-state index is 13.0. The van der Waals surface area contributed by atoms with Gasteiger partial charge in [0.2, 0.25) is 0 Å². The van der Waals surface area contributed by atoms with Crippen molar-refractivity contribution >= 4 is 0 Å². The minimum atomic E-state index is -4.42. The predicted octanol–water partition coefficient (Wildman–Crippen LogP) is 5.46. The molecule has 2 nitrogen and oxygen atoms in total. The quantitative estimate of drug-likeness (QED) is 0.721. The average Bonchev–Trinajstić information content (AvgIpc) is 2.60. The highest BCUT2D eigenvalue weighted by Gasteiger charge is 2.31. The van der Waals surface area contributed by atoms with Gasteiger partial charge in [-0.3, -0.25) is 4.79 Å². The van der Waals surface area contributed by atoms with Crippen LogP contribution in [0.1, 0.15) is 50.3 Å². The van der Waals surface area contributed by atoms with Crippen molar-refractivity contribution in [3.05, 3.63) is 58.0 Å². The van der Waals surface area contributed by atoms with Crippen molar-refractivity contribution in [3.8, 4) is 11.1 Å². The van der Waals surface area contributed by atoms with E-state index in [1.807, 2.05) is 6.07 Å². The highest BCUT2D eigenvalue weighted by molar-refractivity contribution is 5.63. The highest BCUT2D eigenvalue weighted by Crippen LogP contribution is 2.35. The summed E-state index contributed by atoms with van der Waals surface area (Å²) in [5, 5.41) is 0. The fourth-order valence-corrected chi connectivity index (χ4v) is 3.75. The predicted molar refractivity (Wildman–Crippen MR) is 92.6 cm³/mol. The van der Waals surface area contributed by atoms with Gasteiger partial charge in [0, 0.05) is 17.8 Å². The molecular formula is C20H22F3NO. The van der Waals surface area contributed by atoms with Crippen LogP contribution in [0.4, 0.5) is 13.2 Å². The zero-order chi connectivity index (χ0) is 18.2. The van der Waals surface area contributed by atoms with Crippen molar-refractivity contribution in [2.24, 2.45) is 5.92 Å². The molecule has 0 fully saturated rings. The Labute approximate surface area is 145 Å². The van der Waals surface area contributed by atoms with E-state index in [1.54, 1.807) is 16.7 Å². The molecule has 0 amide bonds. The van der Waals surface area contributed by atoms with Gasteiger partial charge >= 0.3 is 6.18 Å². The van der Waals surface area contributed by atoms with Gasteiger partial charge in [0.05, 0.1) is 5.56 Å². The Kier molecular flexibility index (Phi) is 4.76. The molecule has 0 saturated heterocycles. The first-order valence-corrected chi connectivity index (χ1v) is 8.76. The fourth-order valence-electron chi connectivity index (χ4n) is 3.75. The number of halogens is 3. The smallest absolute Gasteiger partial charge is 0.312 e. The first-order chi connectivity index (χ1) is 11.8. The summed E-state index contributed by atoms with van der Waals surface area (Å²) < 4.78 is 40.7. The molecule has 0 bridgehead atoms. The molecule has 2 heterocycles. The number of alkyl halides is 3. The standard InChI is InChI=1S/C20H22F3NO/c1-3-13-10-14(4-2)18-9-8-17(19(25)24(18)12-13)15-6-5-7-16(11-15)20(21,22)23/h5-9,11,13-14H,3-4,10,12H2,1-2H3. The summed E-state index contributed by atoms with van der Waals surface area (Å²) >= 11 is 0. The van der Waals surface area contributed by atoms with Crippen molar-refractivity contribution in [2.45, 2.75) is 51.7 Å². The SMILES string of the molecule is CCC1CC(CC)c2ccc(-c3cccc(C(F)(F)F)c3)c(=O)n2C1. The number of benzene rings is 1. The van der Waals surface area contributed by atoms with Gasteiger partial charge in [0.25, 0.3) is 5.56 Å². The molecule has 2 aromatic rings. The van der Waals surface area contributed by atoms with Crippen molar-refractivity contribution in [3.63, 3.8) is 0 Å². The fraction of sp³-hybridized carbons (Fsp3) is 0.450. The summed E-state index contributed by atoms with van der Waals surface area (Å²) in [4.78, 5) is 13.0. The molecule has 0 aliphatic carbocycles. The van der Waals surface area contributed by atoms with E-state index in [-0.39, 0.29) is 5.56 Å². The lowest BCUT2D eigenvalue weighted by Gasteiger charge is -2.32. The average molecular weight is 349 g/mol. The summed E-state index contributed by atoms with van der Waals surface area (Å²) in [7, 11) is 0. The Hall–Kier alpha value is -2.04. The summed E-state index contributed by atoms with van der Waals surface area (Å²) in [5.74, 6) is 0.772. The number of hydrogen-bond acceptors (Lipinski definition) is 1. The van der Waals surface area contributed by atoms with Crippen LogP contribution in [-0.2, 0) is 12.7 Å². The number of pyridine rings is 1. The molecule has 2 atom stereocenters. The normalized spacial score (nSPS) is 20.4. The number of nitrogens with zero attached hydrogens (tertiary/aromatic N) is 1. The van der Waals surface area contributed by atoms with E-state index < -0.39 is 11.7 Å². The van der Waals surface area contributed by atoms with Crippen molar-refractivity contribution < 1.29 is 13.2 Å². The Balaban J connectivity index is 2.10. The van der Waals surface area contributed by atoms with Gasteiger partial charge in [-0.05, 0) is 54.5 Å². The second-order valence-electron chi connectivity index (χ2n) is 6.78. The molecule has 3 rings (SSSR count). The maximum absolute atomic E-state index is 13.0. The van der Waals surface area contributed by atoms with Gasteiger partial charge in [-0.1, -0.05) is 32.4 Å². The van der Waals surface area contributed by atoms with E-state index in [0.29, 0.717) is 29.5 Å². The van der Waals surface area contributed by atoms with Crippen LogP contribution < -0.4 is 5.56 Å². The Morgan fingerprint density at radius 3 is 2.52 bits per heavy atom. The summed E-state index contributed by atoms with van der Waals surface area (Å²) in [6.45, 7) is 4.87. The van der Waals surface area contributed by atoms with E-state index in [9.17, 15) is 18.0 Å². The van der Waals surface area contributed by atoms with Crippen LogP contribution in [0.3, 0.4) is 0 Å². The summed E-state index contributed by atoms with van der Waals surface area (Å²) in [6, 6.07) is 8.60. The van der Waals surface area contributed by atoms with E-state index >= 15 is 0 Å². The van der Waals surface area contributed by atoms with E-state index in [1.165, 1.54) is 6.07 Å². The van der Waals surface area contributed by atoms with Gasteiger partial charge < -0.3 is 4.57 Å². The van der Waals surface area contributed by atoms with Gasteiger partial charge in [-0.25, -0.2) is 0 Å². The second kappa shape index (κ2) is 6.70. The molecule has 25 heavy (non-hydrogen) atoms. The topological polar surface area (TPSA) is 22.0 Å². The van der Waals surface area contributed by atoms with Crippen molar-refractivity contribution in [1.29, 1.82) is 0 Å². The van der Waals surface area contributed by atoms with Gasteiger partial charge in [0.1, 0.15) is 0 Å². The molecule has 1 aliphatic heterocycles. The third-order valence-electron chi connectivity index (χ3n) is 5.26. The molecule has 0 N–H and O–H groups in total. The number of fused-ring (bicyclic) bond motifs is 1. The third kappa shape index (κ3) is 3.37. The lowest BCUT2D eigenvalue weighted by molar-refractivity contribution is -0.137. The number of hydrogen-bond donors (Lipinski definition) is 0. The van der Waals surface area contributed by atoms with Crippen LogP contribution in [0, 0.1) is 5.92 Å². The maximum Gasteiger partial charge on any atom is 0.416 e. The zero-order valence-corrected chi connectivity index (χ0v) is 14.4.